The number of alkyl halides is 3. The van der Waals surface area contributed by atoms with Gasteiger partial charge in [-0.05, 0) is 83.1 Å². The molecular formula is C39H51F3N6O9S. The number of alkyl carbamates (subject to hydrolysis) is 1. The summed E-state index contributed by atoms with van der Waals surface area (Å²) in [5.41, 5.74) is -6.79. The number of ether oxygens (including phenoxy) is 3. The van der Waals surface area contributed by atoms with E-state index in [1.54, 1.807) is 43.3 Å². The van der Waals surface area contributed by atoms with Crippen LogP contribution >= 0.6 is 0 Å². The lowest BCUT2D eigenvalue weighted by molar-refractivity contribution is -0.244. The number of rotatable bonds is 9. The molecule has 2 aliphatic heterocycles. The number of carbonyl (C=O) groups excluding carboxylic acids is 4. The SMILES string of the molecule is [2H]C([2H])([2H])C(OC(=O)N[C@@H]1C(=O)N2C[C@H](Oc3nnc(OC)c4ccccc34)C[C@H]2C(=O)N[C@]2(C(=O)NS(=O)(=O)C3(C)CC3)CC2/C=C\CC[C@H](C)C[C@H]1CC)(C([2H])([2H])[2H])C(F)(F)F. The highest BCUT2D eigenvalue weighted by Gasteiger charge is 2.63. The second kappa shape index (κ2) is 15.8. The number of methoxy groups -OCH3 is 1. The molecule has 2 aromatic rings. The molecule has 58 heavy (non-hydrogen) atoms. The van der Waals surface area contributed by atoms with Crippen molar-refractivity contribution in [1.29, 1.82) is 0 Å². The smallest absolute Gasteiger partial charge is 0.427 e. The molecule has 7 atom stereocenters. The van der Waals surface area contributed by atoms with Gasteiger partial charge in [0, 0.05) is 20.6 Å². The fourth-order valence-corrected chi connectivity index (χ4v) is 8.93. The molecule has 15 nitrogen and oxygen atoms in total. The van der Waals surface area contributed by atoms with Crippen LogP contribution in [-0.2, 0) is 29.1 Å². The molecule has 3 N–H and O–H groups in total. The third-order valence-corrected chi connectivity index (χ3v) is 13.8. The predicted octanol–water partition coefficient (Wildman–Crippen LogP) is 4.70. The third kappa shape index (κ3) is 8.54. The van der Waals surface area contributed by atoms with E-state index in [4.69, 9.17) is 17.7 Å². The van der Waals surface area contributed by atoms with Gasteiger partial charge in [0.05, 0.1) is 29.2 Å². The van der Waals surface area contributed by atoms with E-state index in [0.717, 1.165) is 4.90 Å². The Morgan fingerprint density at radius 3 is 2.40 bits per heavy atom. The van der Waals surface area contributed by atoms with Gasteiger partial charge in [-0.1, -0.05) is 44.6 Å². The Balaban J connectivity index is 1.41. The van der Waals surface area contributed by atoms with Gasteiger partial charge >= 0.3 is 12.3 Å². The zero-order valence-electron chi connectivity index (χ0n) is 38.4. The number of nitrogens with zero attached hydrogens (tertiary/aromatic N) is 3. The number of hydrogen-bond acceptors (Lipinski definition) is 11. The molecule has 19 heteroatoms. The summed E-state index contributed by atoms with van der Waals surface area (Å²) in [7, 11) is -2.79. The number of nitrogens with one attached hydrogen (secondary N) is 3. The lowest BCUT2D eigenvalue weighted by Gasteiger charge is -2.35. The zero-order chi connectivity index (χ0) is 47.4. The number of carbonyl (C=O) groups is 4. The summed E-state index contributed by atoms with van der Waals surface area (Å²) in [6, 6.07) is 3.37. The number of halogens is 3. The Hall–Kier alpha value is -4.68. The van der Waals surface area contributed by atoms with E-state index in [-0.39, 0.29) is 43.4 Å². The van der Waals surface area contributed by atoms with E-state index in [2.05, 4.69) is 30.3 Å². The van der Waals surface area contributed by atoms with E-state index >= 15 is 4.79 Å². The number of allylic oxidation sites excluding steroid dienone is 1. The van der Waals surface area contributed by atoms with Crippen molar-refractivity contribution in [1.82, 2.24) is 30.5 Å². The minimum atomic E-state index is -6.16. The van der Waals surface area contributed by atoms with Gasteiger partial charge in [0.15, 0.2) is 0 Å². The molecule has 6 rings (SSSR count). The van der Waals surface area contributed by atoms with E-state index < -0.39 is 106 Å². The topological polar surface area (TPSA) is 195 Å². The van der Waals surface area contributed by atoms with Gasteiger partial charge in [-0.3, -0.25) is 19.1 Å². The number of hydrogen-bond donors (Lipinski definition) is 3. The maximum atomic E-state index is 15.0. The van der Waals surface area contributed by atoms with Crippen molar-refractivity contribution in [2.45, 2.75) is 126 Å². The van der Waals surface area contributed by atoms with Gasteiger partial charge in [-0.2, -0.15) is 13.2 Å². The van der Waals surface area contributed by atoms with E-state index in [1.165, 1.54) is 14.0 Å². The summed E-state index contributed by atoms with van der Waals surface area (Å²) in [5, 5.41) is 13.9. The Morgan fingerprint density at radius 1 is 1.10 bits per heavy atom. The molecular weight excluding hydrogens is 786 g/mol. The monoisotopic (exact) mass is 842 g/mol. The van der Waals surface area contributed by atoms with Crippen molar-refractivity contribution < 1.29 is 63.2 Å². The summed E-state index contributed by atoms with van der Waals surface area (Å²) in [4.78, 5) is 58.3. The maximum Gasteiger partial charge on any atom is 0.427 e. The molecule has 4 amide bonds. The molecule has 1 saturated heterocycles. The molecule has 0 radical (unpaired) electrons. The average Bonchev–Trinajstić information content (AvgIpc) is 4.08. The van der Waals surface area contributed by atoms with Gasteiger partial charge in [0.1, 0.15) is 23.7 Å². The van der Waals surface area contributed by atoms with Crippen LogP contribution in [0.2, 0.25) is 0 Å². The van der Waals surface area contributed by atoms with Crippen LogP contribution in [0.3, 0.4) is 0 Å². The first kappa shape index (κ1) is 35.3. The van der Waals surface area contributed by atoms with Crippen LogP contribution in [0.25, 0.3) is 10.8 Å². The van der Waals surface area contributed by atoms with Crippen molar-refractivity contribution in [3.05, 3.63) is 36.4 Å². The molecule has 0 spiro atoms. The number of sulfonamides is 1. The average molecular weight is 843 g/mol. The third-order valence-electron chi connectivity index (χ3n) is 11.6. The molecule has 4 aliphatic rings. The lowest BCUT2D eigenvalue weighted by Crippen LogP contribution is -2.60. The van der Waals surface area contributed by atoms with E-state index in [0.29, 0.717) is 36.5 Å². The Morgan fingerprint density at radius 2 is 1.78 bits per heavy atom. The second-order valence-electron chi connectivity index (χ2n) is 15.9. The molecule has 1 unspecified atom stereocenters. The molecule has 0 bridgehead atoms. The van der Waals surface area contributed by atoms with Crippen LogP contribution < -0.4 is 24.8 Å². The van der Waals surface area contributed by atoms with Gasteiger partial charge < -0.3 is 29.7 Å². The highest BCUT2D eigenvalue weighted by Crippen LogP contribution is 2.48. The van der Waals surface area contributed by atoms with Gasteiger partial charge in [-0.15, -0.1) is 10.2 Å². The first-order valence-electron chi connectivity index (χ1n) is 22.0. The molecule has 1 aromatic heterocycles. The summed E-state index contributed by atoms with van der Waals surface area (Å²) >= 11 is 0. The minimum absolute atomic E-state index is 0.00124. The fourth-order valence-electron chi connectivity index (χ4n) is 7.62. The first-order valence-corrected chi connectivity index (χ1v) is 20.5. The summed E-state index contributed by atoms with van der Waals surface area (Å²) in [6.07, 6.45) is -4.50. The Labute approximate surface area is 343 Å². The standard InChI is InChI=1S/C39H51F3N6O9S/c1-7-23-18-22(2)12-8-9-13-24-20-38(24,34(51)47-58(53,54)37(5)16-17-37)44-30(49)28-19-25(56-32-27-15-11-10-14-26(27)31(55-6)45-46-32)21-48(28)33(50)29(23)43-35(52)57-36(3,4)39(40,41)42/h9-11,13-15,22-25,28-29H,7-8,12,16-21H2,1-6H3,(H,43,52)(H,44,49)(H,47,51)/b13-9-/t22-,23+,24?,25+,28-,29-,38+/m0/s1/i3D3,4D3. The molecule has 2 aliphatic carbocycles. The normalized spacial score (nSPS) is 31.4. The molecule has 318 valence electrons. The maximum absolute atomic E-state index is 15.0. The van der Waals surface area contributed by atoms with E-state index in [1.807, 2.05) is 6.92 Å². The van der Waals surface area contributed by atoms with Crippen LogP contribution in [-0.4, -0.2) is 101 Å². The highest BCUT2D eigenvalue weighted by molar-refractivity contribution is 7.91. The van der Waals surface area contributed by atoms with Gasteiger partial charge in [-0.25, -0.2) is 13.2 Å². The van der Waals surface area contributed by atoms with Crippen LogP contribution in [0, 0.1) is 17.8 Å². The fraction of sp³-hybridized carbons (Fsp3) is 0.641. The first-order chi connectivity index (χ1) is 29.6. The van der Waals surface area contributed by atoms with Crippen molar-refractivity contribution in [3.63, 3.8) is 0 Å². The summed E-state index contributed by atoms with van der Waals surface area (Å²) in [5.74, 6) is -4.67. The summed E-state index contributed by atoms with van der Waals surface area (Å²) < 4.78 is 133. The quantitative estimate of drug-likeness (QED) is 0.296. The molecule has 2 saturated carbocycles. The largest absolute Gasteiger partial charge is 0.479 e. The second-order valence-corrected chi connectivity index (χ2v) is 18.1. The van der Waals surface area contributed by atoms with Crippen molar-refractivity contribution in [3.8, 4) is 11.8 Å². The Kier molecular flexibility index (Phi) is 9.62. The number of aromatic nitrogens is 2. The van der Waals surface area contributed by atoms with Crippen LogP contribution in [0.5, 0.6) is 11.8 Å². The van der Waals surface area contributed by atoms with Crippen molar-refractivity contribution >= 4 is 44.6 Å². The van der Waals surface area contributed by atoms with Crippen LogP contribution in [0.4, 0.5) is 18.0 Å². The van der Waals surface area contributed by atoms with Crippen LogP contribution in [0.15, 0.2) is 36.4 Å². The molecule has 3 heterocycles. The molecule has 3 fully saturated rings. The highest BCUT2D eigenvalue weighted by atomic mass is 32.2. The van der Waals surface area contributed by atoms with Gasteiger partial charge in [0.25, 0.3) is 5.91 Å². The lowest BCUT2D eigenvalue weighted by atomic mass is 9.85. The van der Waals surface area contributed by atoms with E-state index in [9.17, 15) is 36.0 Å². The summed E-state index contributed by atoms with van der Waals surface area (Å²) in [6.45, 7) is -4.44. The van der Waals surface area contributed by atoms with Crippen LogP contribution in [0.1, 0.15) is 94.1 Å². The van der Waals surface area contributed by atoms with Crippen molar-refractivity contribution in [2.24, 2.45) is 17.8 Å². The number of fused-ring (bicyclic) bond motifs is 3. The number of amides is 4. The zero-order valence-corrected chi connectivity index (χ0v) is 33.2. The minimum Gasteiger partial charge on any atom is -0.479 e. The van der Waals surface area contributed by atoms with Gasteiger partial charge in [0.2, 0.25) is 39.2 Å². The molecule has 1 aromatic carbocycles. The Bertz CT molecular complexity index is 2260. The predicted molar refractivity (Wildman–Crippen MR) is 204 cm³/mol. The number of benzene rings is 1. The van der Waals surface area contributed by atoms with Crippen molar-refractivity contribution in [2.75, 3.05) is 13.7 Å².